The highest BCUT2D eigenvalue weighted by Gasteiger charge is 2.33. The molecule has 1 heterocycles. The molecule has 0 aliphatic carbocycles. The lowest BCUT2D eigenvalue weighted by Gasteiger charge is -2.07. The smallest absolute Gasteiger partial charge is 0.433 e. The minimum Gasteiger partial charge on any atom is -0.480 e. The lowest BCUT2D eigenvalue weighted by Crippen LogP contribution is -2.13. The molecule has 0 amide bonds. The van der Waals surface area contributed by atoms with E-state index in [2.05, 4.69) is 9.97 Å². The standard InChI is InChI=1S/C8H7F3N2O2S/c1-4(6(14)15)16-7-12-3-2-5(13-7)8(9,10)11/h2-4H,1H3,(H,14,15). The van der Waals surface area contributed by atoms with E-state index in [0.717, 1.165) is 12.3 Å². The quantitative estimate of drug-likeness (QED) is 0.659. The van der Waals surface area contributed by atoms with Crippen LogP contribution in [0.4, 0.5) is 13.2 Å². The first-order valence-electron chi connectivity index (χ1n) is 4.10. The summed E-state index contributed by atoms with van der Waals surface area (Å²) >= 11 is 0.660. The summed E-state index contributed by atoms with van der Waals surface area (Å²) in [6, 6.07) is 0.732. The first kappa shape index (κ1) is 12.8. The van der Waals surface area contributed by atoms with Crippen molar-refractivity contribution in [2.24, 2.45) is 0 Å². The summed E-state index contributed by atoms with van der Waals surface area (Å²) in [5.41, 5.74) is -1.08. The van der Waals surface area contributed by atoms with Crippen LogP contribution in [0.25, 0.3) is 0 Å². The number of carboxylic acids is 1. The van der Waals surface area contributed by atoms with Crippen molar-refractivity contribution in [2.45, 2.75) is 23.5 Å². The Labute approximate surface area is 92.9 Å². The molecule has 1 aromatic heterocycles. The van der Waals surface area contributed by atoms with Crippen molar-refractivity contribution < 1.29 is 23.1 Å². The molecular formula is C8H7F3N2O2S. The van der Waals surface area contributed by atoms with E-state index in [9.17, 15) is 18.0 Å². The zero-order chi connectivity index (χ0) is 12.3. The van der Waals surface area contributed by atoms with Crippen LogP contribution in [0.1, 0.15) is 12.6 Å². The van der Waals surface area contributed by atoms with Crippen molar-refractivity contribution in [3.05, 3.63) is 18.0 Å². The number of carbonyl (C=O) groups is 1. The number of alkyl halides is 3. The lowest BCUT2D eigenvalue weighted by molar-refractivity contribution is -0.141. The van der Waals surface area contributed by atoms with Crippen molar-refractivity contribution in [3.8, 4) is 0 Å². The maximum absolute atomic E-state index is 12.2. The van der Waals surface area contributed by atoms with Crippen molar-refractivity contribution in [3.63, 3.8) is 0 Å². The van der Waals surface area contributed by atoms with Gasteiger partial charge in [-0.1, -0.05) is 11.8 Å². The third-order valence-corrected chi connectivity index (χ3v) is 2.52. The zero-order valence-corrected chi connectivity index (χ0v) is 8.84. The molecule has 0 radical (unpaired) electrons. The van der Waals surface area contributed by atoms with Gasteiger partial charge in [-0.25, -0.2) is 9.97 Å². The van der Waals surface area contributed by atoms with Gasteiger partial charge in [0.1, 0.15) is 10.9 Å². The second-order valence-electron chi connectivity index (χ2n) is 2.82. The van der Waals surface area contributed by atoms with Crippen LogP contribution in [-0.2, 0) is 11.0 Å². The van der Waals surface area contributed by atoms with Crippen LogP contribution in [0.2, 0.25) is 0 Å². The Bertz CT molecular complexity index is 397. The van der Waals surface area contributed by atoms with Crippen molar-refractivity contribution in [2.75, 3.05) is 0 Å². The van der Waals surface area contributed by atoms with Crippen molar-refractivity contribution >= 4 is 17.7 Å². The molecule has 0 aliphatic rings. The van der Waals surface area contributed by atoms with Crippen LogP contribution in [0.15, 0.2) is 17.4 Å². The number of rotatable bonds is 3. The highest BCUT2D eigenvalue weighted by atomic mass is 32.2. The summed E-state index contributed by atoms with van der Waals surface area (Å²) < 4.78 is 36.7. The number of aliphatic carboxylic acids is 1. The molecule has 1 N–H and O–H groups in total. The van der Waals surface area contributed by atoms with Gasteiger partial charge in [-0.15, -0.1) is 0 Å². The van der Waals surface area contributed by atoms with Gasteiger partial charge >= 0.3 is 12.1 Å². The predicted molar refractivity (Wildman–Crippen MR) is 50.0 cm³/mol. The molecule has 0 aromatic carbocycles. The van der Waals surface area contributed by atoms with E-state index in [4.69, 9.17) is 5.11 Å². The number of nitrogens with zero attached hydrogens (tertiary/aromatic N) is 2. The van der Waals surface area contributed by atoms with Gasteiger partial charge in [-0.05, 0) is 13.0 Å². The minimum absolute atomic E-state index is 0.204. The zero-order valence-electron chi connectivity index (χ0n) is 8.02. The van der Waals surface area contributed by atoms with E-state index in [1.807, 2.05) is 0 Å². The van der Waals surface area contributed by atoms with Crippen LogP contribution in [0.3, 0.4) is 0 Å². The van der Waals surface area contributed by atoms with Crippen molar-refractivity contribution in [1.29, 1.82) is 0 Å². The largest absolute Gasteiger partial charge is 0.480 e. The average Bonchev–Trinajstić information content (AvgIpc) is 2.16. The molecule has 0 aliphatic heterocycles. The van der Waals surface area contributed by atoms with Crippen molar-refractivity contribution in [1.82, 2.24) is 9.97 Å². The number of hydrogen-bond donors (Lipinski definition) is 1. The Morgan fingerprint density at radius 3 is 2.69 bits per heavy atom. The predicted octanol–water partition coefficient (Wildman–Crippen LogP) is 2.06. The number of carboxylic acid groups (broad SMARTS) is 1. The maximum Gasteiger partial charge on any atom is 0.433 e. The Morgan fingerprint density at radius 1 is 1.56 bits per heavy atom. The summed E-state index contributed by atoms with van der Waals surface area (Å²) in [6.07, 6.45) is -3.60. The van der Waals surface area contributed by atoms with Crippen LogP contribution in [0, 0.1) is 0 Å². The van der Waals surface area contributed by atoms with Gasteiger partial charge in [0.2, 0.25) is 0 Å². The Kier molecular flexibility index (Phi) is 3.74. The molecular weight excluding hydrogens is 245 g/mol. The fourth-order valence-corrected chi connectivity index (χ4v) is 1.45. The summed E-state index contributed by atoms with van der Waals surface area (Å²) in [6.45, 7) is 1.34. The molecule has 1 atom stereocenters. The number of thioether (sulfide) groups is 1. The van der Waals surface area contributed by atoms with Gasteiger partial charge in [0.15, 0.2) is 5.16 Å². The monoisotopic (exact) mass is 252 g/mol. The first-order valence-corrected chi connectivity index (χ1v) is 4.98. The molecule has 16 heavy (non-hydrogen) atoms. The second-order valence-corrected chi connectivity index (χ2v) is 4.13. The number of halogens is 3. The van der Waals surface area contributed by atoms with Gasteiger partial charge < -0.3 is 5.11 Å². The topological polar surface area (TPSA) is 63.1 Å². The summed E-state index contributed by atoms with van der Waals surface area (Å²) in [7, 11) is 0. The maximum atomic E-state index is 12.2. The fourth-order valence-electron chi connectivity index (χ4n) is 0.764. The molecule has 1 unspecified atom stereocenters. The Balaban J connectivity index is 2.87. The van der Waals surface area contributed by atoms with Gasteiger partial charge in [-0.3, -0.25) is 4.79 Å². The average molecular weight is 252 g/mol. The SMILES string of the molecule is CC(Sc1nccc(C(F)(F)F)n1)C(=O)O. The molecule has 4 nitrogen and oxygen atoms in total. The van der Waals surface area contributed by atoms with Crippen LogP contribution in [-0.4, -0.2) is 26.3 Å². The molecule has 0 saturated carbocycles. The minimum atomic E-state index is -4.55. The first-order chi connectivity index (χ1) is 7.30. The van der Waals surface area contributed by atoms with E-state index in [1.165, 1.54) is 6.92 Å². The van der Waals surface area contributed by atoms with Gasteiger partial charge in [0, 0.05) is 6.20 Å². The van der Waals surface area contributed by atoms with Gasteiger partial charge in [0.25, 0.3) is 0 Å². The van der Waals surface area contributed by atoms with E-state index in [1.54, 1.807) is 0 Å². The van der Waals surface area contributed by atoms with Gasteiger partial charge in [-0.2, -0.15) is 13.2 Å². The van der Waals surface area contributed by atoms with Gasteiger partial charge in [0.05, 0.1) is 0 Å². The summed E-state index contributed by atoms with van der Waals surface area (Å²) in [5.74, 6) is -1.13. The molecule has 1 aromatic rings. The van der Waals surface area contributed by atoms with E-state index < -0.39 is 23.1 Å². The normalized spacial score (nSPS) is 13.5. The molecule has 1 rings (SSSR count). The molecule has 0 spiro atoms. The van der Waals surface area contributed by atoms with Crippen LogP contribution in [0.5, 0.6) is 0 Å². The Hall–Kier alpha value is -1.31. The Morgan fingerprint density at radius 2 is 2.19 bits per heavy atom. The van der Waals surface area contributed by atoms with E-state index in [-0.39, 0.29) is 5.16 Å². The molecule has 0 saturated heterocycles. The fraction of sp³-hybridized carbons (Fsp3) is 0.375. The molecule has 0 bridgehead atoms. The molecule has 0 fully saturated rings. The third-order valence-electron chi connectivity index (χ3n) is 1.55. The molecule has 88 valence electrons. The highest BCUT2D eigenvalue weighted by Crippen LogP contribution is 2.29. The lowest BCUT2D eigenvalue weighted by atomic mass is 10.4. The van der Waals surface area contributed by atoms with Crippen LogP contribution < -0.4 is 0 Å². The third kappa shape index (κ3) is 3.37. The summed E-state index contributed by atoms with van der Waals surface area (Å²) in [5, 5.41) is 7.47. The van der Waals surface area contributed by atoms with E-state index >= 15 is 0 Å². The number of hydrogen-bond acceptors (Lipinski definition) is 4. The van der Waals surface area contributed by atoms with E-state index in [0.29, 0.717) is 11.8 Å². The number of aromatic nitrogens is 2. The molecule has 8 heteroatoms. The summed E-state index contributed by atoms with van der Waals surface area (Å²) in [4.78, 5) is 17.3. The van der Waals surface area contributed by atoms with Crippen LogP contribution >= 0.6 is 11.8 Å². The highest BCUT2D eigenvalue weighted by molar-refractivity contribution is 8.00. The second kappa shape index (κ2) is 4.69.